The summed E-state index contributed by atoms with van der Waals surface area (Å²) in [5.41, 5.74) is 7.69. The topological polar surface area (TPSA) is 33.9 Å². The molecule has 0 spiro atoms. The van der Waals surface area contributed by atoms with Gasteiger partial charge in [-0.2, -0.15) is 0 Å². The molecular weight excluding hydrogens is 404 g/mol. The van der Waals surface area contributed by atoms with Gasteiger partial charge in [0.25, 0.3) is 0 Å². The maximum absolute atomic E-state index is 6.24. The molecule has 5 aromatic carbocycles. The van der Waals surface area contributed by atoms with Crippen molar-refractivity contribution >= 4 is 65.6 Å². The van der Waals surface area contributed by atoms with Crippen molar-refractivity contribution in [2.24, 2.45) is 0 Å². The minimum absolute atomic E-state index is 0.923. The number of hydrogen-bond donors (Lipinski definition) is 1. The highest BCUT2D eigenvalue weighted by atomic mass is 16.3. The minimum atomic E-state index is 0.923. The highest BCUT2D eigenvalue weighted by Gasteiger charge is 2.21. The molecule has 0 saturated carbocycles. The molecule has 154 valence electrons. The molecule has 0 aliphatic heterocycles. The van der Waals surface area contributed by atoms with Crippen molar-refractivity contribution in [1.29, 1.82) is 0 Å². The lowest BCUT2D eigenvalue weighted by atomic mass is 10.0. The zero-order valence-electron chi connectivity index (χ0n) is 17.7. The van der Waals surface area contributed by atoms with Crippen LogP contribution in [0.1, 0.15) is 0 Å². The van der Waals surface area contributed by atoms with Crippen molar-refractivity contribution in [3.8, 4) is 5.69 Å². The smallest absolute Gasteiger partial charge is 0.136 e. The third kappa shape index (κ3) is 2.14. The van der Waals surface area contributed by atoms with Gasteiger partial charge in [0.2, 0.25) is 0 Å². The van der Waals surface area contributed by atoms with E-state index in [2.05, 4.69) is 101 Å². The normalized spacial score (nSPS) is 12.2. The van der Waals surface area contributed by atoms with E-state index < -0.39 is 0 Å². The molecule has 3 heteroatoms. The Morgan fingerprint density at radius 2 is 1.30 bits per heavy atom. The lowest BCUT2D eigenvalue weighted by molar-refractivity contribution is 0.669. The molecule has 3 aromatic heterocycles. The summed E-state index contributed by atoms with van der Waals surface area (Å²) in [5.74, 6) is 0. The molecule has 3 heterocycles. The quantitative estimate of drug-likeness (QED) is 0.283. The predicted octanol–water partition coefficient (Wildman–Crippen LogP) is 8.32. The molecule has 0 atom stereocenters. The number of para-hydroxylation sites is 3. The largest absolute Gasteiger partial charge is 0.456 e. The van der Waals surface area contributed by atoms with E-state index in [0.29, 0.717) is 0 Å². The molecule has 8 aromatic rings. The van der Waals surface area contributed by atoms with Crippen LogP contribution < -0.4 is 0 Å². The number of benzene rings is 5. The van der Waals surface area contributed by atoms with Gasteiger partial charge in [0, 0.05) is 43.5 Å². The first kappa shape index (κ1) is 17.1. The van der Waals surface area contributed by atoms with Gasteiger partial charge in [0.15, 0.2) is 0 Å². The monoisotopic (exact) mass is 422 g/mol. The molecule has 0 bridgehead atoms. The number of furan rings is 1. The zero-order valence-corrected chi connectivity index (χ0v) is 17.7. The lowest BCUT2D eigenvalue weighted by Gasteiger charge is -2.08. The zero-order chi connectivity index (χ0) is 21.5. The van der Waals surface area contributed by atoms with Gasteiger partial charge < -0.3 is 14.0 Å². The molecule has 1 N–H and O–H groups in total. The molecule has 33 heavy (non-hydrogen) atoms. The van der Waals surface area contributed by atoms with Crippen molar-refractivity contribution < 1.29 is 4.42 Å². The second-order valence-electron chi connectivity index (χ2n) is 8.66. The highest BCUT2D eigenvalue weighted by Crippen LogP contribution is 2.43. The Kier molecular flexibility index (Phi) is 3.14. The van der Waals surface area contributed by atoms with E-state index in [1.54, 1.807) is 0 Å². The van der Waals surface area contributed by atoms with Crippen molar-refractivity contribution in [1.82, 2.24) is 9.55 Å². The Morgan fingerprint density at radius 3 is 2.21 bits per heavy atom. The number of hydrogen-bond acceptors (Lipinski definition) is 1. The first-order valence-corrected chi connectivity index (χ1v) is 11.2. The number of aromatic amines is 1. The maximum atomic E-state index is 6.24. The molecule has 0 radical (unpaired) electrons. The van der Waals surface area contributed by atoms with Crippen LogP contribution in [-0.4, -0.2) is 9.55 Å². The number of fused-ring (bicyclic) bond motifs is 11. The summed E-state index contributed by atoms with van der Waals surface area (Å²) < 4.78 is 8.64. The molecule has 0 aliphatic carbocycles. The molecule has 0 saturated heterocycles. The number of rotatable bonds is 1. The Hall–Kier alpha value is -4.50. The Bertz CT molecular complexity index is 2020. The SMILES string of the molecule is c1ccc(-n2c3ccc4oc5ccccc5c4c3c3ccc4c5ccccc5[nH]c4c32)cc1. The molecule has 0 fully saturated rings. The summed E-state index contributed by atoms with van der Waals surface area (Å²) in [6.45, 7) is 0. The van der Waals surface area contributed by atoms with Crippen molar-refractivity contribution in [2.45, 2.75) is 0 Å². The highest BCUT2D eigenvalue weighted by molar-refractivity contribution is 6.31. The van der Waals surface area contributed by atoms with E-state index in [9.17, 15) is 0 Å². The fourth-order valence-corrected chi connectivity index (χ4v) is 5.57. The summed E-state index contributed by atoms with van der Waals surface area (Å²) in [4.78, 5) is 3.73. The van der Waals surface area contributed by atoms with Gasteiger partial charge in [0.1, 0.15) is 11.2 Å². The van der Waals surface area contributed by atoms with Gasteiger partial charge in [-0.15, -0.1) is 0 Å². The number of nitrogens with one attached hydrogen (secondary N) is 1. The summed E-state index contributed by atoms with van der Waals surface area (Å²) in [5, 5.41) is 7.28. The first-order chi connectivity index (χ1) is 16.4. The van der Waals surface area contributed by atoms with Gasteiger partial charge in [-0.1, -0.05) is 66.7 Å². The van der Waals surface area contributed by atoms with E-state index >= 15 is 0 Å². The second kappa shape index (κ2) is 6.05. The molecular formula is C30H18N2O. The molecule has 3 nitrogen and oxygen atoms in total. The van der Waals surface area contributed by atoms with Crippen LogP contribution >= 0.6 is 0 Å². The molecule has 0 amide bonds. The maximum Gasteiger partial charge on any atom is 0.136 e. The fraction of sp³-hybridized carbons (Fsp3) is 0. The summed E-state index contributed by atoms with van der Waals surface area (Å²) >= 11 is 0. The van der Waals surface area contributed by atoms with Gasteiger partial charge in [-0.05, 0) is 36.4 Å². The fourth-order valence-electron chi connectivity index (χ4n) is 5.57. The average molecular weight is 422 g/mol. The number of H-pyrrole nitrogens is 1. The molecule has 0 aliphatic rings. The van der Waals surface area contributed by atoms with Crippen LogP contribution in [0.5, 0.6) is 0 Å². The standard InChI is InChI=1S/C30H18N2O/c1-2-8-18(9-3-1)32-24-16-17-26-28(21-11-5-7-13-25(21)33-26)27(24)22-15-14-20-19-10-4-6-12-23(19)31-29(20)30(22)32/h1-17,31H. The van der Waals surface area contributed by atoms with E-state index in [4.69, 9.17) is 4.42 Å². The van der Waals surface area contributed by atoms with Gasteiger partial charge in [-0.3, -0.25) is 0 Å². The van der Waals surface area contributed by atoms with Crippen LogP contribution in [0.3, 0.4) is 0 Å². The molecule has 8 rings (SSSR count). The Labute approximate surface area is 188 Å². The summed E-state index contributed by atoms with van der Waals surface area (Å²) in [7, 11) is 0. The predicted molar refractivity (Wildman–Crippen MR) is 137 cm³/mol. The van der Waals surface area contributed by atoms with Crippen LogP contribution in [-0.2, 0) is 0 Å². The third-order valence-corrected chi connectivity index (χ3v) is 6.92. The Morgan fingerprint density at radius 1 is 0.545 bits per heavy atom. The van der Waals surface area contributed by atoms with Crippen LogP contribution in [0.25, 0.3) is 71.2 Å². The van der Waals surface area contributed by atoms with Crippen molar-refractivity contribution in [2.75, 3.05) is 0 Å². The Balaban J connectivity index is 1.70. The molecule has 0 unspecified atom stereocenters. The lowest BCUT2D eigenvalue weighted by Crippen LogP contribution is -1.93. The van der Waals surface area contributed by atoms with E-state index in [1.807, 2.05) is 12.1 Å². The van der Waals surface area contributed by atoms with E-state index in [0.717, 1.165) is 33.3 Å². The summed E-state index contributed by atoms with van der Waals surface area (Å²) in [6.07, 6.45) is 0. The first-order valence-electron chi connectivity index (χ1n) is 11.2. The van der Waals surface area contributed by atoms with E-state index in [-0.39, 0.29) is 0 Å². The third-order valence-electron chi connectivity index (χ3n) is 6.92. The van der Waals surface area contributed by atoms with Crippen molar-refractivity contribution in [3.63, 3.8) is 0 Å². The van der Waals surface area contributed by atoms with Gasteiger partial charge in [0.05, 0.1) is 16.6 Å². The number of nitrogens with zero attached hydrogens (tertiary/aromatic N) is 1. The minimum Gasteiger partial charge on any atom is -0.456 e. The second-order valence-corrected chi connectivity index (χ2v) is 8.66. The van der Waals surface area contributed by atoms with E-state index in [1.165, 1.54) is 38.0 Å². The average Bonchev–Trinajstić information content (AvgIpc) is 3.53. The van der Waals surface area contributed by atoms with Crippen LogP contribution in [0, 0.1) is 0 Å². The van der Waals surface area contributed by atoms with Crippen molar-refractivity contribution in [3.05, 3.63) is 103 Å². The van der Waals surface area contributed by atoms with Crippen LogP contribution in [0.2, 0.25) is 0 Å². The van der Waals surface area contributed by atoms with Gasteiger partial charge in [-0.25, -0.2) is 0 Å². The summed E-state index contributed by atoms with van der Waals surface area (Å²) in [6, 6.07) is 36.3. The van der Waals surface area contributed by atoms with Crippen LogP contribution in [0.15, 0.2) is 108 Å². The number of aromatic nitrogens is 2. The van der Waals surface area contributed by atoms with Gasteiger partial charge >= 0.3 is 0 Å². The van der Waals surface area contributed by atoms with Crippen LogP contribution in [0.4, 0.5) is 0 Å².